The number of amides is 2. The van der Waals surface area contributed by atoms with Crippen LogP contribution >= 0.6 is 34.8 Å². The highest BCUT2D eigenvalue weighted by atomic mass is 35.5. The molecule has 0 spiro atoms. The molecule has 1 heterocycles. The summed E-state index contributed by atoms with van der Waals surface area (Å²) in [5, 5.41) is 6.23. The van der Waals surface area contributed by atoms with E-state index in [1.54, 1.807) is 13.2 Å². The first-order valence-electron chi connectivity index (χ1n) is 9.39. The number of hydrogen-bond acceptors (Lipinski definition) is 5. The standard InChI is InChI=1S/C21H19Cl3FN5O2/c1-12(11-32-2)27-20-26-10-9-17(29-20)30(14-5-3-13(25)4-6-14)21(31)28-16-8-7-15(22)18(23)19(16)24/h3-10,12H,11H2,1-2H3,(H,28,31)(H,26,27,29)/t12-/m0/s1. The van der Waals surface area contributed by atoms with Crippen LogP contribution in [0.15, 0.2) is 48.7 Å². The maximum Gasteiger partial charge on any atom is 0.332 e. The monoisotopic (exact) mass is 497 g/mol. The van der Waals surface area contributed by atoms with Crippen molar-refractivity contribution in [2.75, 3.05) is 29.3 Å². The summed E-state index contributed by atoms with van der Waals surface area (Å²) in [6, 6.07) is 9.29. The van der Waals surface area contributed by atoms with Crippen molar-refractivity contribution in [2.45, 2.75) is 13.0 Å². The number of rotatable bonds is 7. The van der Waals surface area contributed by atoms with Gasteiger partial charge in [0.15, 0.2) is 0 Å². The van der Waals surface area contributed by atoms with Crippen LogP contribution in [0.25, 0.3) is 0 Å². The second-order valence-corrected chi connectivity index (χ2v) is 7.87. The second kappa shape index (κ2) is 10.8. The van der Waals surface area contributed by atoms with E-state index < -0.39 is 11.8 Å². The first-order chi connectivity index (χ1) is 15.3. The quantitative estimate of drug-likeness (QED) is 0.369. The third-order valence-electron chi connectivity index (χ3n) is 4.23. The smallest absolute Gasteiger partial charge is 0.332 e. The predicted molar refractivity (Wildman–Crippen MR) is 126 cm³/mol. The van der Waals surface area contributed by atoms with E-state index >= 15 is 0 Å². The number of aromatic nitrogens is 2. The van der Waals surface area contributed by atoms with Crippen LogP contribution in [-0.2, 0) is 4.74 Å². The lowest BCUT2D eigenvalue weighted by Crippen LogP contribution is -2.32. The second-order valence-electron chi connectivity index (χ2n) is 6.70. The Labute approximate surface area is 199 Å². The largest absolute Gasteiger partial charge is 0.383 e. The fraction of sp³-hybridized carbons (Fsp3) is 0.190. The van der Waals surface area contributed by atoms with Gasteiger partial charge in [0, 0.05) is 25.4 Å². The highest BCUT2D eigenvalue weighted by molar-refractivity contribution is 6.49. The highest BCUT2D eigenvalue weighted by Crippen LogP contribution is 2.36. The van der Waals surface area contributed by atoms with Crippen molar-refractivity contribution in [3.63, 3.8) is 0 Å². The molecule has 0 aliphatic rings. The summed E-state index contributed by atoms with van der Waals surface area (Å²) >= 11 is 18.3. The van der Waals surface area contributed by atoms with E-state index in [2.05, 4.69) is 20.6 Å². The molecule has 3 aromatic rings. The Hall–Kier alpha value is -2.65. The fourth-order valence-corrected chi connectivity index (χ4v) is 3.38. The van der Waals surface area contributed by atoms with Crippen molar-refractivity contribution < 1.29 is 13.9 Å². The predicted octanol–water partition coefficient (Wildman–Crippen LogP) is 6.39. The average molecular weight is 499 g/mol. The van der Waals surface area contributed by atoms with E-state index in [9.17, 15) is 9.18 Å². The molecule has 1 aromatic heterocycles. The number of ether oxygens (including phenoxy) is 1. The Morgan fingerprint density at radius 3 is 2.53 bits per heavy atom. The molecule has 0 saturated carbocycles. The summed E-state index contributed by atoms with van der Waals surface area (Å²) in [6.07, 6.45) is 1.50. The van der Waals surface area contributed by atoms with Gasteiger partial charge in [0.2, 0.25) is 5.95 Å². The molecule has 1 atom stereocenters. The number of benzene rings is 2. The summed E-state index contributed by atoms with van der Waals surface area (Å²) in [7, 11) is 1.59. The van der Waals surface area contributed by atoms with Gasteiger partial charge >= 0.3 is 6.03 Å². The molecule has 0 radical (unpaired) electrons. The van der Waals surface area contributed by atoms with Gasteiger partial charge in [-0.3, -0.25) is 0 Å². The molecule has 0 saturated heterocycles. The lowest BCUT2D eigenvalue weighted by atomic mass is 10.2. The molecule has 3 rings (SSSR count). The first kappa shape index (κ1) is 24.0. The van der Waals surface area contributed by atoms with Crippen LogP contribution in [0.3, 0.4) is 0 Å². The number of carbonyl (C=O) groups excluding carboxylic acids is 1. The molecule has 0 aliphatic carbocycles. The minimum Gasteiger partial charge on any atom is -0.383 e. The van der Waals surface area contributed by atoms with Crippen molar-refractivity contribution in [3.05, 3.63) is 69.5 Å². The van der Waals surface area contributed by atoms with E-state index in [1.165, 1.54) is 47.5 Å². The van der Waals surface area contributed by atoms with Crippen LogP contribution in [0.5, 0.6) is 0 Å². The van der Waals surface area contributed by atoms with Crippen LogP contribution in [0.1, 0.15) is 6.92 Å². The molecule has 0 aliphatic heterocycles. The van der Waals surface area contributed by atoms with E-state index in [-0.39, 0.29) is 32.6 Å². The number of anilines is 4. The third-order valence-corrected chi connectivity index (χ3v) is 5.52. The van der Waals surface area contributed by atoms with E-state index in [0.717, 1.165) is 0 Å². The molecule has 2 N–H and O–H groups in total. The maximum atomic E-state index is 13.5. The average Bonchev–Trinajstić information content (AvgIpc) is 2.76. The number of nitrogens with one attached hydrogen (secondary N) is 2. The summed E-state index contributed by atoms with van der Waals surface area (Å²) < 4.78 is 18.6. The summed E-state index contributed by atoms with van der Waals surface area (Å²) in [4.78, 5) is 23.1. The zero-order valence-corrected chi connectivity index (χ0v) is 19.3. The lowest BCUT2D eigenvalue weighted by Gasteiger charge is -2.23. The van der Waals surface area contributed by atoms with E-state index in [0.29, 0.717) is 18.2 Å². The molecule has 0 fully saturated rings. The van der Waals surface area contributed by atoms with Crippen molar-refractivity contribution in [1.82, 2.24) is 9.97 Å². The number of carbonyl (C=O) groups is 1. The Bertz CT molecular complexity index is 1100. The first-order valence-corrected chi connectivity index (χ1v) is 10.5. The molecular weight excluding hydrogens is 480 g/mol. The molecule has 2 aromatic carbocycles. The molecule has 168 valence electrons. The number of nitrogens with zero attached hydrogens (tertiary/aromatic N) is 3. The summed E-state index contributed by atoms with van der Waals surface area (Å²) in [5.41, 5.74) is 0.619. The molecule has 2 amide bonds. The topological polar surface area (TPSA) is 79.4 Å². The van der Waals surface area contributed by atoms with Gasteiger partial charge in [-0.05, 0) is 43.3 Å². The zero-order chi connectivity index (χ0) is 23.3. The van der Waals surface area contributed by atoms with Crippen LogP contribution in [0, 0.1) is 5.82 Å². The Morgan fingerprint density at radius 2 is 1.84 bits per heavy atom. The van der Waals surface area contributed by atoms with Crippen molar-refractivity contribution in [2.24, 2.45) is 0 Å². The molecule has 0 unspecified atom stereocenters. The molecule has 7 nitrogen and oxygen atoms in total. The third kappa shape index (κ3) is 5.77. The Kier molecular flexibility index (Phi) is 8.09. The lowest BCUT2D eigenvalue weighted by molar-refractivity contribution is 0.190. The fourth-order valence-electron chi connectivity index (χ4n) is 2.79. The van der Waals surface area contributed by atoms with Crippen molar-refractivity contribution in [3.8, 4) is 0 Å². The van der Waals surface area contributed by atoms with Gasteiger partial charge in [0.25, 0.3) is 0 Å². The van der Waals surface area contributed by atoms with Gasteiger partial charge in [-0.15, -0.1) is 0 Å². The minimum atomic E-state index is -0.605. The van der Waals surface area contributed by atoms with Crippen LogP contribution in [0.2, 0.25) is 15.1 Å². The van der Waals surface area contributed by atoms with Gasteiger partial charge in [-0.25, -0.2) is 19.1 Å². The summed E-state index contributed by atoms with van der Waals surface area (Å²) in [5.74, 6) is 0.0898. The SMILES string of the molecule is COC[C@H](C)Nc1nccc(N(C(=O)Nc2ccc(Cl)c(Cl)c2Cl)c2ccc(F)cc2)n1. The molecule has 32 heavy (non-hydrogen) atoms. The number of halogens is 4. The zero-order valence-electron chi connectivity index (χ0n) is 17.1. The van der Waals surface area contributed by atoms with Gasteiger partial charge in [0.05, 0.1) is 33.0 Å². The summed E-state index contributed by atoms with van der Waals surface area (Å²) in [6.45, 7) is 2.34. The normalized spacial score (nSPS) is 11.7. The van der Waals surface area contributed by atoms with Crippen LogP contribution < -0.4 is 15.5 Å². The minimum absolute atomic E-state index is 0.0710. The van der Waals surface area contributed by atoms with E-state index in [1.807, 2.05) is 6.92 Å². The van der Waals surface area contributed by atoms with Gasteiger partial charge in [-0.1, -0.05) is 34.8 Å². The Balaban J connectivity index is 1.97. The molecular formula is C21H19Cl3FN5O2. The van der Waals surface area contributed by atoms with Crippen molar-refractivity contribution in [1.29, 1.82) is 0 Å². The van der Waals surface area contributed by atoms with Crippen LogP contribution in [0.4, 0.5) is 32.3 Å². The van der Waals surface area contributed by atoms with Gasteiger partial charge < -0.3 is 15.4 Å². The Morgan fingerprint density at radius 1 is 1.12 bits per heavy atom. The number of methoxy groups -OCH3 is 1. The number of urea groups is 1. The van der Waals surface area contributed by atoms with Crippen molar-refractivity contribution >= 4 is 64.0 Å². The van der Waals surface area contributed by atoms with Crippen LogP contribution in [-0.4, -0.2) is 35.8 Å². The molecule has 0 bridgehead atoms. The van der Waals surface area contributed by atoms with E-state index in [4.69, 9.17) is 39.5 Å². The molecule has 11 heteroatoms. The van der Waals surface area contributed by atoms with Gasteiger partial charge in [0.1, 0.15) is 11.6 Å². The van der Waals surface area contributed by atoms with Gasteiger partial charge in [-0.2, -0.15) is 4.98 Å². The highest BCUT2D eigenvalue weighted by Gasteiger charge is 2.22. The number of hydrogen-bond donors (Lipinski definition) is 2. The maximum absolute atomic E-state index is 13.5.